The van der Waals surface area contributed by atoms with Crippen molar-refractivity contribution >= 4 is 10.1 Å². The van der Waals surface area contributed by atoms with Gasteiger partial charge in [0.1, 0.15) is 5.76 Å². The zero-order valence-corrected chi connectivity index (χ0v) is 14.6. The number of rotatable bonds is 9. The van der Waals surface area contributed by atoms with Gasteiger partial charge >= 0.3 is 0 Å². The molecule has 0 spiro atoms. The third-order valence-corrected chi connectivity index (χ3v) is 3.72. The van der Waals surface area contributed by atoms with E-state index in [1.807, 2.05) is 37.3 Å². The van der Waals surface area contributed by atoms with Crippen molar-refractivity contribution in [2.75, 3.05) is 26.1 Å². The third kappa shape index (κ3) is 6.27. The fraction of sp³-hybridized carbons (Fsp3) is 0.353. The first kappa shape index (κ1) is 18.4. The predicted octanol–water partition coefficient (Wildman–Crippen LogP) is 2.74. The molecule has 7 heteroatoms. The summed E-state index contributed by atoms with van der Waals surface area (Å²) in [4.78, 5) is 4.50. The Morgan fingerprint density at radius 1 is 1.17 bits per heavy atom. The minimum atomic E-state index is -3.39. The molecule has 1 heterocycles. The minimum absolute atomic E-state index is 0.0189. The lowest BCUT2D eigenvalue weighted by atomic mass is 10.2. The molecular weight excluding hydrogens is 330 g/mol. The van der Waals surface area contributed by atoms with Crippen molar-refractivity contribution in [3.8, 4) is 11.5 Å². The van der Waals surface area contributed by atoms with Crippen LogP contribution in [0.3, 0.4) is 0 Å². The number of hydrogen-bond donors (Lipinski definition) is 0. The average molecular weight is 351 g/mol. The molecular formula is C17H21NO5S. The molecule has 0 aliphatic heterocycles. The normalized spacial score (nSPS) is 12.1. The number of benzene rings is 1. The van der Waals surface area contributed by atoms with Crippen molar-refractivity contribution in [2.45, 2.75) is 13.3 Å². The molecule has 2 aromatic rings. The Labute approximate surface area is 142 Å². The van der Waals surface area contributed by atoms with Gasteiger partial charge in [0.2, 0.25) is 5.89 Å². The van der Waals surface area contributed by atoms with Crippen LogP contribution in [0.2, 0.25) is 0 Å². The van der Waals surface area contributed by atoms with Crippen LogP contribution in [0.5, 0.6) is 0 Å². The summed E-state index contributed by atoms with van der Waals surface area (Å²) in [5.74, 6) is 1.40. The van der Waals surface area contributed by atoms with Gasteiger partial charge in [0.25, 0.3) is 10.1 Å². The van der Waals surface area contributed by atoms with E-state index in [1.54, 1.807) is 12.2 Å². The molecule has 1 aromatic heterocycles. The molecule has 0 bridgehead atoms. The van der Waals surface area contributed by atoms with Gasteiger partial charge in [-0.1, -0.05) is 30.4 Å². The molecule has 0 radical (unpaired) electrons. The zero-order valence-electron chi connectivity index (χ0n) is 13.8. The second-order valence-electron chi connectivity index (χ2n) is 5.17. The molecule has 0 amide bonds. The van der Waals surface area contributed by atoms with E-state index in [0.29, 0.717) is 25.5 Å². The van der Waals surface area contributed by atoms with Crippen molar-refractivity contribution in [1.82, 2.24) is 4.98 Å². The number of aromatic nitrogens is 1. The largest absolute Gasteiger partial charge is 0.441 e. The van der Waals surface area contributed by atoms with E-state index in [4.69, 9.17) is 9.15 Å². The topological polar surface area (TPSA) is 78.6 Å². The van der Waals surface area contributed by atoms with Gasteiger partial charge in [-0.15, -0.1) is 0 Å². The highest BCUT2D eigenvalue weighted by Gasteiger charge is 2.10. The van der Waals surface area contributed by atoms with Gasteiger partial charge in [-0.2, -0.15) is 8.42 Å². The van der Waals surface area contributed by atoms with Crippen LogP contribution in [0.4, 0.5) is 0 Å². The van der Waals surface area contributed by atoms with Gasteiger partial charge in [0.05, 0.1) is 31.8 Å². The Bertz CT molecular complexity index is 766. The lowest BCUT2D eigenvalue weighted by Gasteiger charge is -1.99. The summed E-state index contributed by atoms with van der Waals surface area (Å²) in [5, 5.41) is 0. The van der Waals surface area contributed by atoms with Gasteiger partial charge in [-0.05, 0) is 19.1 Å². The van der Waals surface area contributed by atoms with Crippen LogP contribution in [0.1, 0.15) is 11.5 Å². The van der Waals surface area contributed by atoms with Crippen LogP contribution in [0, 0.1) is 6.92 Å². The van der Waals surface area contributed by atoms with Gasteiger partial charge in [0, 0.05) is 12.0 Å². The maximum absolute atomic E-state index is 10.8. The molecule has 1 aromatic carbocycles. The zero-order chi connectivity index (χ0) is 17.4. The first-order chi connectivity index (χ1) is 11.5. The van der Waals surface area contributed by atoms with Crippen molar-refractivity contribution in [1.29, 1.82) is 0 Å². The van der Waals surface area contributed by atoms with E-state index in [2.05, 4.69) is 9.17 Å². The van der Waals surface area contributed by atoms with E-state index in [9.17, 15) is 8.42 Å². The molecule has 0 fully saturated rings. The highest BCUT2D eigenvalue weighted by molar-refractivity contribution is 7.85. The van der Waals surface area contributed by atoms with Crippen LogP contribution >= 0.6 is 0 Å². The van der Waals surface area contributed by atoms with Crippen molar-refractivity contribution in [2.24, 2.45) is 0 Å². The molecule has 24 heavy (non-hydrogen) atoms. The predicted molar refractivity (Wildman–Crippen MR) is 91.1 cm³/mol. The van der Waals surface area contributed by atoms with Crippen LogP contribution in [-0.2, 0) is 25.5 Å². The maximum Gasteiger partial charge on any atom is 0.264 e. The summed E-state index contributed by atoms with van der Waals surface area (Å²) in [7, 11) is -3.39. The van der Waals surface area contributed by atoms with E-state index in [0.717, 1.165) is 23.3 Å². The summed E-state index contributed by atoms with van der Waals surface area (Å²) in [6.45, 7) is 2.79. The molecule has 130 valence electrons. The Morgan fingerprint density at radius 2 is 1.88 bits per heavy atom. The smallest absolute Gasteiger partial charge is 0.264 e. The summed E-state index contributed by atoms with van der Waals surface area (Å²) in [6.07, 6.45) is 4.99. The third-order valence-electron chi connectivity index (χ3n) is 3.16. The molecule has 6 nitrogen and oxygen atoms in total. The van der Waals surface area contributed by atoms with Crippen LogP contribution in [-0.4, -0.2) is 39.5 Å². The molecule has 0 N–H and O–H groups in total. The first-order valence-electron chi connectivity index (χ1n) is 7.54. The van der Waals surface area contributed by atoms with E-state index >= 15 is 0 Å². The molecule has 0 aliphatic carbocycles. The van der Waals surface area contributed by atoms with Gasteiger partial charge < -0.3 is 9.15 Å². The highest BCUT2D eigenvalue weighted by Crippen LogP contribution is 2.21. The average Bonchev–Trinajstić information content (AvgIpc) is 2.91. The van der Waals surface area contributed by atoms with Crippen molar-refractivity contribution < 1.29 is 21.8 Å². The number of hydrogen-bond acceptors (Lipinski definition) is 6. The van der Waals surface area contributed by atoms with E-state index < -0.39 is 10.1 Å². The fourth-order valence-electron chi connectivity index (χ4n) is 1.98. The molecule has 0 saturated heterocycles. The summed E-state index contributed by atoms with van der Waals surface area (Å²) < 4.78 is 37.2. The minimum Gasteiger partial charge on any atom is -0.441 e. The quantitative estimate of drug-likeness (QED) is 0.393. The Kier molecular flexibility index (Phi) is 6.72. The van der Waals surface area contributed by atoms with E-state index in [-0.39, 0.29) is 6.61 Å². The molecule has 2 rings (SSSR count). The Morgan fingerprint density at radius 3 is 2.58 bits per heavy atom. The van der Waals surface area contributed by atoms with Crippen LogP contribution in [0.15, 0.2) is 46.9 Å². The SMILES string of the molecule is Cc1oc(-c2ccccc2)nc1CCOC/C=C/COS(C)(=O)=O. The Hall–Kier alpha value is -1.96. The standard InChI is InChI=1S/C17H21NO5S/c1-14-16(18-17(23-14)15-8-4-3-5-9-15)10-13-21-11-6-7-12-22-24(2,19)20/h3-9H,10-13H2,1-2H3/b7-6+. The number of oxazole rings is 1. The van der Waals surface area contributed by atoms with E-state index in [1.165, 1.54) is 0 Å². The van der Waals surface area contributed by atoms with Gasteiger partial charge in [-0.25, -0.2) is 4.98 Å². The second-order valence-corrected chi connectivity index (χ2v) is 6.82. The molecule has 0 aliphatic rings. The monoisotopic (exact) mass is 351 g/mol. The lowest BCUT2D eigenvalue weighted by Crippen LogP contribution is -2.03. The summed E-state index contributed by atoms with van der Waals surface area (Å²) in [6, 6.07) is 9.74. The highest BCUT2D eigenvalue weighted by atomic mass is 32.2. The molecule has 0 saturated carbocycles. The van der Waals surface area contributed by atoms with Crippen molar-refractivity contribution in [3.05, 3.63) is 53.9 Å². The number of ether oxygens (including phenoxy) is 1. The number of aryl methyl sites for hydroxylation is 1. The van der Waals surface area contributed by atoms with Crippen LogP contribution < -0.4 is 0 Å². The van der Waals surface area contributed by atoms with Gasteiger partial charge in [0.15, 0.2) is 0 Å². The first-order valence-corrected chi connectivity index (χ1v) is 9.36. The fourth-order valence-corrected chi connectivity index (χ4v) is 2.31. The second kappa shape index (κ2) is 8.77. The maximum atomic E-state index is 10.8. The lowest BCUT2D eigenvalue weighted by molar-refractivity contribution is 0.164. The summed E-state index contributed by atoms with van der Waals surface area (Å²) in [5.41, 5.74) is 1.82. The van der Waals surface area contributed by atoms with Crippen LogP contribution in [0.25, 0.3) is 11.5 Å². The van der Waals surface area contributed by atoms with Gasteiger partial charge in [-0.3, -0.25) is 4.18 Å². The Balaban J connectivity index is 1.73. The summed E-state index contributed by atoms with van der Waals surface area (Å²) >= 11 is 0. The molecule has 0 atom stereocenters. The molecule has 0 unspecified atom stereocenters. The van der Waals surface area contributed by atoms with Crippen molar-refractivity contribution in [3.63, 3.8) is 0 Å². The number of nitrogens with zero attached hydrogens (tertiary/aromatic N) is 1.